The molecule has 0 aliphatic carbocycles. The third kappa shape index (κ3) is 4.51. The molecule has 30 heavy (non-hydrogen) atoms. The lowest BCUT2D eigenvalue weighted by atomic mass is 10.1. The number of benzene rings is 2. The van der Waals surface area contributed by atoms with Crippen LogP contribution in [0.1, 0.15) is 16.7 Å². The Morgan fingerprint density at radius 3 is 2.40 bits per heavy atom. The van der Waals surface area contributed by atoms with E-state index in [-0.39, 0.29) is 21.6 Å². The molecular formula is C20H15ClN4O4S. The topological polar surface area (TPSA) is 135 Å². The first-order chi connectivity index (χ1) is 14.2. The molecule has 3 aromatic rings. The van der Waals surface area contributed by atoms with Crippen molar-refractivity contribution in [3.63, 3.8) is 0 Å². The fourth-order valence-electron chi connectivity index (χ4n) is 2.59. The van der Waals surface area contributed by atoms with Gasteiger partial charge in [0.2, 0.25) is 5.88 Å². The van der Waals surface area contributed by atoms with Gasteiger partial charge in [-0.25, -0.2) is 8.42 Å². The van der Waals surface area contributed by atoms with Gasteiger partial charge in [-0.05, 0) is 61.0 Å². The van der Waals surface area contributed by atoms with Gasteiger partial charge in [0.15, 0.2) is 0 Å². The second-order valence-corrected chi connectivity index (χ2v) is 8.31. The van der Waals surface area contributed by atoms with Crippen LogP contribution in [0.3, 0.4) is 0 Å². The Hall–Kier alpha value is -3.61. The van der Waals surface area contributed by atoms with E-state index in [0.717, 1.165) is 0 Å². The van der Waals surface area contributed by atoms with E-state index < -0.39 is 21.5 Å². The van der Waals surface area contributed by atoms with Gasteiger partial charge < -0.3 is 5.11 Å². The molecule has 1 heterocycles. The first kappa shape index (κ1) is 21.1. The van der Waals surface area contributed by atoms with Crippen molar-refractivity contribution in [1.82, 2.24) is 4.98 Å². The van der Waals surface area contributed by atoms with Gasteiger partial charge in [0.05, 0.1) is 16.1 Å². The summed E-state index contributed by atoms with van der Waals surface area (Å²) in [6, 6.07) is 13.7. The van der Waals surface area contributed by atoms with Crippen molar-refractivity contribution >= 4 is 39.2 Å². The van der Waals surface area contributed by atoms with Gasteiger partial charge in [0.25, 0.3) is 15.6 Å². The number of aromatic hydroxyl groups is 1. The van der Waals surface area contributed by atoms with Crippen LogP contribution >= 0.6 is 11.6 Å². The minimum atomic E-state index is -3.80. The number of hydrogen-bond acceptors (Lipinski definition) is 6. The number of pyridine rings is 1. The van der Waals surface area contributed by atoms with E-state index in [0.29, 0.717) is 16.4 Å². The summed E-state index contributed by atoms with van der Waals surface area (Å²) in [6.07, 6.45) is 1.29. The van der Waals surface area contributed by atoms with Crippen molar-refractivity contribution < 1.29 is 13.5 Å². The second-order valence-electron chi connectivity index (χ2n) is 6.19. The number of nitriles is 1. The van der Waals surface area contributed by atoms with Crippen LogP contribution in [0.15, 0.2) is 63.2 Å². The van der Waals surface area contributed by atoms with Crippen molar-refractivity contribution in [1.29, 1.82) is 5.26 Å². The van der Waals surface area contributed by atoms with E-state index in [1.165, 1.54) is 37.4 Å². The molecule has 2 aromatic carbocycles. The third-order valence-electron chi connectivity index (χ3n) is 4.19. The molecular weight excluding hydrogens is 428 g/mol. The number of nitrogens with one attached hydrogen (secondary N) is 2. The molecule has 0 aliphatic rings. The summed E-state index contributed by atoms with van der Waals surface area (Å²) in [5, 5.41) is 19.5. The maximum absolute atomic E-state index is 12.5. The second kappa shape index (κ2) is 8.41. The Morgan fingerprint density at radius 2 is 1.80 bits per heavy atom. The number of halogens is 1. The summed E-state index contributed by atoms with van der Waals surface area (Å²) >= 11 is 5.80. The average Bonchev–Trinajstić information content (AvgIpc) is 2.70. The highest BCUT2D eigenvalue weighted by atomic mass is 35.5. The predicted octanol–water partition coefficient (Wildman–Crippen LogP) is 3.47. The molecule has 0 aliphatic heterocycles. The van der Waals surface area contributed by atoms with Crippen LogP contribution in [0.25, 0.3) is 0 Å². The number of aromatic nitrogens is 1. The molecule has 8 nitrogen and oxygen atoms in total. The zero-order valence-electron chi connectivity index (χ0n) is 15.5. The fraction of sp³-hybridized carbons (Fsp3) is 0.0500. The van der Waals surface area contributed by atoms with E-state index in [1.54, 1.807) is 30.3 Å². The van der Waals surface area contributed by atoms with E-state index >= 15 is 0 Å². The Labute approximate surface area is 177 Å². The SMILES string of the molecule is Cc1c(C=Nc2ccc(S(=O)(=O)Nc3ccc(Cl)cc3)cc2)c(O)[nH]c(=O)c1C#N. The standard InChI is InChI=1S/C20H15ClN4O4S/c1-12-17(10-22)19(26)24-20(27)18(12)11-23-14-6-8-16(9-7-14)30(28,29)25-15-4-2-13(21)3-5-15/h2-9,11,25H,1H3,(H2,24,26,27). The highest BCUT2D eigenvalue weighted by molar-refractivity contribution is 7.92. The number of nitrogens with zero attached hydrogens (tertiary/aromatic N) is 2. The first-order valence-electron chi connectivity index (χ1n) is 8.50. The lowest BCUT2D eigenvalue weighted by Crippen LogP contribution is -2.14. The molecule has 0 saturated heterocycles. The zero-order chi connectivity index (χ0) is 21.9. The molecule has 10 heteroatoms. The molecule has 152 valence electrons. The number of hydrogen-bond donors (Lipinski definition) is 3. The number of anilines is 1. The van der Waals surface area contributed by atoms with Crippen LogP contribution in [0, 0.1) is 18.3 Å². The fourth-order valence-corrected chi connectivity index (χ4v) is 3.78. The van der Waals surface area contributed by atoms with Crippen molar-refractivity contribution in [3.05, 3.63) is 80.6 Å². The summed E-state index contributed by atoms with van der Waals surface area (Å²) in [6.45, 7) is 1.52. The van der Waals surface area contributed by atoms with E-state index in [1.807, 2.05) is 0 Å². The summed E-state index contributed by atoms with van der Waals surface area (Å²) in [7, 11) is -3.80. The molecule has 1 aromatic heterocycles. The van der Waals surface area contributed by atoms with Crippen LogP contribution in [-0.2, 0) is 10.0 Å². The smallest absolute Gasteiger partial charge is 0.268 e. The van der Waals surface area contributed by atoms with Crippen LogP contribution in [0.4, 0.5) is 11.4 Å². The molecule has 3 rings (SSSR count). The van der Waals surface area contributed by atoms with Gasteiger partial charge in [-0.15, -0.1) is 0 Å². The summed E-state index contributed by atoms with van der Waals surface area (Å²) in [5.41, 5.74) is 0.445. The largest absolute Gasteiger partial charge is 0.494 e. The molecule has 3 N–H and O–H groups in total. The number of aliphatic imine (C=N–C) groups is 1. The van der Waals surface area contributed by atoms with Crippen molar-refractivity contribution in [3.8, 4) is 11.9 Å². The predicted molar refractivity (Wildman–Crippen MR) is 114 cm³/mol. The number of aromatic amines is 1. The summed E-state index contributed by atoms with van der Waals surface area (Å²) < 4.78 is 27.4. The molecule has 0 fully saturated rings. The molecule has 0 bridgehead atoms. The Kier molecular flexibility index (Phi) is 5.91. The van der Waals surface area contributed by atoms with Crippen molar-refractivity contribution in [2.75, 3.05) is 4.72 Å². The average molecular weight is 443 g/mol. The van der Waals surface area contributed by atoms with Gasteiger partial charge in [0.1, 0.15) is 11.6 Å². The molecule has 0 saturated carbocycles. The first-order valence-corrected chi connectivity index (χ1v) is 10.4. The third-order valence-corrected chi connectivity index (χ3v) is 5.84. The minimum absolute atomic E-state index is 0.0336. The highest BCUT2D eigenvalue weighted by Crippen LogP contribution is 2.22. The lowest BCUT2D eigenvalue weighted by Gasteiger charge is -2.08. The quantitative estimate of drug-likeness (QED) is 0.520. The molecule has 0 atom stereocenters. The molecule has 0 radical (unpaired) electrons. The van der Waals surface area contributed by atoms with Crippen molar-refractivity contribution in [2.24, 2.45) is 4.99 Å². The van der Waals surface area contributed by atoms with Gasteiger partial charge in [-0.3, -0.25) is 19.5 Å². The van der Waals surface area contributed by atoms with Gasteiger partial charge in [-0.1, -0.05) is 11.6 Å². The van der Waals surface area contributed by atoms with Gasteiger partial charge in [0, 0.05) is 16.9 Å². The van der Waals surface area contributed by atoms with E-state index in [2.05, 4.69) is 14.7 Å². The number of sulfonamides is 1. The number of H-pyrrole nitrogens is 1. The highest BCUT2D eigenvalue weighted by Gasteiger charge is 2.15. The Bertz CT molecular complexity index is 1320. The molecule has 0 amide bonds. The van der Waals surface area contributed by atoms with Crippen molar-refractivity contribution in [2.45, 2.75) is 11.8 Å². The van der Waals surface area contributed by atoms with Crippen LogP contribution in [0.2, 0.25) is 5.02 Å². The van der Waals surface area contributed by atoms with Gasteiger partial charge >= 0.3 is 0 Å². The van der Waals surface area contributed by atoms with E-state index in [4.69, 9.17) is 16.9 Å². The maximum Gasteiger partial charge on any atom is 0.268 e. The lowest BCUT2D eigenvalue weighted by molar-refractivity contribution is 0.450. The Morgan fingerprint density at radius 1 is 1.17 bits per heavy atom. The molecule has 0 spiro atoms. The van der Waals surface area contributed by atoms with Gasteiger partial charge in [-0.2, -0.15) is 5.26 Å². The van der Waals surface area contributed by atoms with Crippen LogP contribution in [0.5, 0.6) is 5.88 Å². The summed E-state index contributed by atoms with van der Waals surface area (Å²) in [4.78, 5) is 18.0. The number of rotatable bonds is 5. The minimum Gasteiger partial charge on any atom is -0.494 e. The summed E-state index contributed by atoms with van der Waals surface area (Å²) in [5.74, 6) is -0.411. The monoisotopic (exact) mass is 442 g/mol. The van der Waals surface area contributed by atoms with Crippen LogP contribution < -0.4 is 10.3 Å². The van der Waals surface area contributed by atoms with Crippen LogP contribution in [-0.4, -0.2) is 24.7 Å². The normalized spacial score (nSPS) is 11.4. The maximum atomic E-state index is 12.5. The molecule has 0 unspecified atom stereocenters. The van der Waals surface area contributed by atoms with E-state index in [9.17, 15) is 18.3 Å². The zero-order valence-corrected chi connectivity index (χ0v) is 17.1. The Balaban J connectivity index is 1.84.